The molecule has 0 aliphatic heterocycles. The third-order valence-corrected chi connectivity index (χ3v) is 4.60. The molecule has 0 aromatic heterocycles. The second-order valence-corrected chi connectivity index (χ2v) is 6.75. The monoisotopic (exact) mass is 349 g/mol. The maximum atomic E-state index is 12.3. The number of phenols is 1. The third kappa shape index (κ3) is 3.87. The smallest absolute Gasteiger partial charge is 0.276 e. The average molecular weight is 349 g/mol. The van der Waals surface area contributed by atoms with Crippen LogP contribution in [0.2, 0.25) is 0 Å². The van der Waals surface area contributed by atoms with E-state index in [9.17, 15) is 23.6 Å². The van der Waals surface area contributed by atoms with Crippen LogP contribution in [0.1, 0.15) is 16.7 Å². The van der Waals surface area contributed by atoms with Gasteiger partial charge in [0.15, 0.2) is 0 Å². The molecular weight excluding hydrogens is 334 g/mol. The first-order chi connectivity index (χ1) is 11.2. The van der Waals surface area contributed by atoms with Crippen LogP contribution in [0, 0.1) is 24.0 Å². The van der Waals surface area contributed by atoms with Crippen molar-refractivity contribution in [2.24, 2.45) is 5.10 Å². The van der Waals surface area contributed by atoms with Gasteiger partial charge in [0.05, 0.1) is 16.0 Å². The summed E-state index contributed by atoms with van der Waals surface area (Å²) in [4.78, 5) is 12.2. The Morgan fingerprint density at radius 2 is 1.92 bits per heavy atom. The molecule has 0 heterocycles. The number of sulfonamides is 1. The summed E-state index contributed by atoms with van der Waals surface area (Å²) in [5.41, 5.74) is 1.11. The van der Waals surface area contributed by atoms with Gasteiger partial charge in [-0.25, -0.2) is 4.83 Å². The highest BCUT2D eigenvalue weighted by molar-refractivity contribution is 7.89. The molecule has 0 bridgehead atoms. The predicted molar refractivity (Wildman–Crippen MR) is 88.6 cm³/mol. The van der Waals surface area contributed by atoms with Crippen molar-refractivity contribution in [2.75, 3.05) is 0 Å². The van der Waals surface area contributed by atoms with Crippen LogP contribution in [0.25, 0.3) is 0 Å². The molecule has 2 rings (SSSR count). The first kappa shape index (κ1) is 17.4. The number of aryl methyl sites for hydroxylation is 2. The molecule has 0 saturated heterocycles. The molecule has 0 fully saturated rings. The quantitative estimate of drug-likeness (QED) is 0.487. The highest BCUT2D eigenvalue weighted by atomic mass is 32.2. The molecule has 0 spiro atoms. The molecular formula is C15H15N3O5S. The lowest BCUT2D eigenvalue weighted by molar-refractivity contribution is -0.384. The van der Waals surface area contributed by atoms with E-state index >= 15 is 0 Å². The molecule has 0 aliphatic carbocycles. The normalized spacial score (nSPS) is 11.6. The van der Waals surface area contributed by atoms with Crippen molar-refractivity contribution in [1.82, 2.24) is 4.83 Å². The molecule has 0 aliphatic rings. The van der Waals surface area contributed by atoms with Gasteiger partial charge in [-0.15, -0.1) is 0 Å². The minimum atomic E-state index is -3.89. The van der Waals surface area contributed by atoms with Gasteiger partial charge in [-0.1, -0.05) is 12.1 Å². The van der Waals surface area contributed by atoms with E-state index in [2.05, 4.69) is 5.10 Å². The fraction of sp³-hybridized carbons (Fsp3) is 0.133. The highest BCUT2D eigenvalue weighted by Gasteiger charge is 2.16. The summed E-state index contributed by atoms with van der Waals surface area (Å²) in [6, 6.07) is 8.34. The van der Waals surface area contributed by atoms with Crippen molar-refractivity contribution < 1.29 is 18.4 Å². The van der Waals surface area contributed by atoms with E-state index in [-0.39, 0.29) is 21.9 Å². The number of non-ortho nitro benzene ring substituents is 1. The zero-order valence-corrected chi connectivity index (χ0v) is 13.7. The standard InChI is InChI=1S/C15H15N3O5S/c1-10-3-4-11(2)15(7-10)24(22,23)17-16-9-12-8-13(18(20)21)5-6-14(12)19/h3-9,17,19H,1-2H3/b16-9+. The molecule has 2 N–H and O–H groups in total. The molecule has 8 nitrogen and oxygen atoms in total. The Bertz CT molecular complexity index is 923. The summed E-state index contributed by atoms with van der Waals surface area (Å²) in [6.07, 6.45) is 1.00. The van der Waals surface area contributed by atoms with E-state index in [4.69, 9.17) is 0 Å². The minimum absolute atomic E-state index is 0.0212. The van der Waals surface area contributed by atoms with Gasteiger partial charge in [-0.05, 0) is 37.1 Å². The molecule has 0 amide bonds. The Labute approximate surface area is 138 Å². The number of hydrogen-bond donors (Lipinski definition) is 2. The zero-order chi connectivity index (χ0) is 17.9. The van der Waals surface area contributed by atoms with Crippen LogP contribution in [-0.2, 0) is 10.0 Å². The van der Waals surface area contributed by atoms with Crippen molar-refractivity contribution in [1.29, 1.82) is 0 Å². The number of hydrazone groups is 1. The predicted octanol–water partition coefficient (Wildman–Crippen LogP) is 2.23. The zero-order valence-electron chi connectivity index (χ0n) is 12.9. The van der Waals surface area contributed by atoms with E-state index in [1.165, 1.54) is 6.07 Å². The van der Waals surface area contributed by atoms with Crippen molar-refractivity contribution in [3.63, 3.8) is 0 Å². The first-order valence-corrected chi connectivity index (χ1v) is 8.28. The van der Waals surface area contributed by atoms with Crippen LogP contribution in [0.5, 0.6) is 5.75 Å². The van der Waals surface area contributed by atoms with Gasteiger partial charge < -0.3 is 5.11 Å². The second-order valence-electron chi connectivity index (χ2n) is 5.12. The van der Waals surface area contributed by atoms with Gasteiger partial charge >= 0.3 is 0 Å². The number of benzene rings is 2. The minimum Gasteiger partial charge on any atom is -0.507 e. The second kappa shape index (κ2) is 6.67. The van der Waals surface area contributed by atoms with E-state index in [1.54, 1.807) is 26.0 Å². The summed E-state index contributed by atoms with van der Waals surface area (Å²) in [5, 5.41) is 23.9. The maximum absolute atomic E-state index is 12.3. The number of aromatic hydroxyl groups is 1. The molecule has 0 atom stereocenters. The van der Waals surface area contributed by atoms with Crippen LogP contribution in [0.3, 0.4) is 0 Å². The molecule has 9 heteroatoms. The van der Waals surface area contributed by atoms with Crippen LogP contribution in [0.4, 0.5) is 5.69 Å². The summed E-state index contributed by atoms with van der Waals surface area (Å²) in [5.74, 6) is -0.254. The summed E-state index contributed by atoms with van der Waals surface area (Å²) in [6.45, 7) is 3.42. The molecule has 0 radical (unpaired) electrons. The van der Waals surface area contributed by atoms with Crippen molar-refractivity contribution in [3.8, 4) is 5.75 Å². The van der Waals surface area contributed by atoms with Gasteiger partial charge in [0.25, 0.3) is 15.7 Å². The third-order valence-electron chi connectivity index (χ3n) is 3.23. The Morgan fingerprint density at radius 1 is 1.21 bits per heavy atom. The van der Waals surface area contributed by atoms with E-state index in [1.807, 2.05) is 4.83 Å². The number of nitro benzene ring substituents is 1. The Balaban J connectivity index is 2.26. The number of nitro groups is 1. The number of nitrogens with one attached hydrogen (secondary N) is 1. The van der Waals surface area contributed by atoms with E-state index in [0.29, 0.717) is 5.56 Å². The van der Waals surface area contributed by atoms with Crippen LogP contribution in [0.15, 0.2) is 46.4 Å². The first-order valence-electron chi connectivity index (χ1n) is 6.80. The van der Waals surface area contributed by atoms with Crippen LogP contribution in [-0.4, -0.2) is 24.7 Å². The van der Waals surface area contributed by atoms with Crippen molar-refractivity contribution in [3.05, 3.63) is 63.2 Å². The topological polar surface area (TPSA) is 122 Å². The fourth-order valence-corrected chi connectivity index (χ4v) is 3.09. The van der Waals surface area contributed by atoms with Gasteiger partial charge in [0.1, 0.15) is 5.75 Å². The summed E-state index contributed by atoms with van der Waals surface area (Å²) < 4.78 is 24.5. The van der Waals surface area contributed by atoms with Gasteiger partial charge in [-0.2, -0.15) is 13.5 Å². The van der Waals surface area contributed by atoms with Gasteiger partial charge in [0, 0.05) is 17.7 Å². The van der Waals surface area contributed by atoms with Crippen LogP contribution < -0.4 is 4.83 Å². The van der Waals surface area contributed by atoms with Crippen molar-refractivity contribution in [2.45, 2.75) is 18.7 Å². The van der Waals surface area contributed by atoms with Gasteiger partial charge in [0.2, 0.25) is 0 Å². The molecule has 2 aromatic carbocycles. The van der Waals surface area contributed by atoms with Gasteiger partial charge in [-0.3, -0.25) is 10.1 Å². The highest BCUT2D eigenvalue weighted by Crippen LogP contribution is 2.21. The lowest BCUT2D eigenvalue weighted by Crippen LogP contribution is -2.19. The van der Waals surface area contributed by atoms with E-state index in [0.717, 1.165) is 30.0 Å². The number of hydrogen-bond acceptors (Lipinski definition) is 6. The largest absolute Gasteiger partial charge is 0.507 e. The molecule has 24 heavy (non-hydrogen) atoms. The molecule has 126 valence electrons. The van der Waals surface area contributed by atoms with Crippen LogP contribution >= 0.6 is 0 Å². The SMILES string of the molecule is Cc1ccc(C)c(S(=O)(=O)N/N=C/c2cc([N+](=O)[O-])ccc2O)c1. The lowest BCUT2D eigenvalue weighted by Gasteiger charge is -2.07. The molecule has 2 aromatic rings. The molecule has 0 unspecified atom stereocenters. The molecule has 0 saturated carbocycles. The fourth-order valence-electron chi connectivity index (χ4n) is 1.97. The van der Waals surface area contributed by atoms with Crippen molar-refractivity contribution >= 4 is 21.9 Å². The Hall–Kier alpha value is -2.94. The number of nitrogens with zero attached hydrogens (tertiary/aromatic N) is 2. The number of phenolic OH excluding ortho intramolecular Hbond substituents is 1. The Morgan fingerprint density at radius 3 is 2.58 bits per heavy atom. The maximum Gasteiger partial charge on any atom is 0.276 e. The Kier molecular flexibility index (Phi) is 4.84. The van der Waals surface area contributed by atoms with E-state index < -0.39 is 14.9 Å². The average Bonchev–Trinajstić information content (AvgIpc) is 2.51. The number of rotatable bonds is 5. The summed E-state index contributed by atoms with van der Waals surface area (Å²) in [7, 11) is -3.89. The summed E-state index contributed by atoms with van der Waals surface area (Å²) >= 11 is 0. The lowest BCUT2D eigenvalue weighted by atomic mass is 10.2.